The van der Waals surface area contributed by atoms with Crippen LogP contribution in [0.5, 0.6) is 11.5 Å². The summed E-state index contributed by atoms with van der Waals surface area (Å²) < 4.78 is 39.5. The Kier molecular flexibility index (Phi) is 4.58. The highest BCUT2D eigenvalue weighted by Gasteiger charge is 2.70. The minimum atomic E-state index is -4.04. The van der Waals surface area contributed by atoms with Crippen LogP contribution in [-0.4, -0.2) is 31.8 Å². The number of hydrogen-bond acceptors (Lipinski definition) is 6. The lowest BCUT2D eigenvalue weighted by Gasteiger charge is -2.15. The highest BCUT2D eigenvalue weighted by Crippen LogP contribution is 2.58. The molecule has 31 heavy (non-hydrogen) atoms. The lowest BCUT2D eigenvalue weighted by atomic mass is 10.1. The van der Waals surface area contributed by atoms with Crippen LogP contribution in [0.25, 0.3) is 10.4 Å². The Hall–Kier alpha value is -2.88. The monoisotopic (exact) mass is 457 g/mol. The van der Waals surface area contributed by atoms with Crippen molar-refractivity contribution >= 4 is 27.3 Å². The number of carboxylic acid groups (broad SMARTS) is 1. The van der Waals surface area contributed by atoms with Crippen molar-refractivity contribution in [3.63, 3.8) is 0 Å². The average Bonchev–Trinajstić information content (AvgIpc) is 3.18. The van der Waals surface area contributed by atoms with E-state index in [0.717, 1.165) is 27.3 Å². The van der Waals surface area contributed by atoms with Crippen LogP contribution < -0.4 is 14.2 Å². The highest BCUT2D eigenvalue weighted by molar-refractivity contribution is 7.91. The van der Waals surface area contributed by atoms with Crippen LogP contribution in [0.15, 0.2) is 64.9 Å². The van der Waals surface area contributed by atoms with E-state index in [0.29, 0.717) is 11.5 Å². The van der Waals surface area contributed by atoms with Crippen molar-refractivity contribution in [1.29, 1.82) is 0 Å². The van der Waals surface area contributed by atoms with Gasteiger partial charge in [-0.3, -0.25) is 4.79 Å². The number of hydrogen-bond donors (Lipinski definition) is 2. The highest BCUT2D eigenvalue weighted by atomic mass is 32.2. The maximum absolute atomic E-state index is 13.1. The number of carbonyl (C=O) groups is 1. The Bertz CT molecular complexity index is 1270. The molecular weight excluding hydrogens is 438 g/mol. The van der Waals surface area contributed by atoms with Crippen molar-refractivity contribution in [3.05, 3.63) is 66.2 Å². The maximum Gasteiger partial charge on any atom is 0.325 e. The molecule has 0 radical (unpaired) electrons. The Morgan fingerprint density at radius 1 is 1.10 bits per heavy atom. The van der Waals surface area contributed by atoms with Gasteiger partial charge in [-0.15, -0.1) is 11.3 Å². The molecule has 1 aliphatic carbocycles. The van der Waals surface area contributed by atoms with Gasteiger partial charge in [0.2, 0.25) is 6.79 Å². The van der Waals surface area contributed by atoms with Gasteiger partial charge in [-0.05, 0) is 47.4 Å². The van der Waals surface area contributed by atoms with Crippen molar-refractivity contribution < 1.29 is 27.8 Å². The number of rotatable bonds is 6. The lowest BCUT2D eigenvalue weighted by Crippen LogP contribution is -2.45. The van der Waals surface area contributed by atoms with Gasteiger partial charge in [-0.2, -0.15) is 4.72 Å². The molecule has 1 fully saturated rings. The Balaban J connectivity index is 1.44. The molecule has 2 heterocycles. The second kappa shape index (κ2) is 7.08. The maximum atomic E-state index is 13.1. The van der Waals surface area contributed by atoms with Gasteiger partial charge in [0.15, 0.2) is 11.5 Å². The van der Waals surface area contributed by atoms with Crippen LogP contribution in [0, 0.1) is 5.92 Å². The molecular formula is C22H19NO6S2. The number of ether oxygens (including phenoxy) is 2. The molecule has 2 aromatic carbocycles. The average molecular weight is 458 g/mol. The zero-order valence-corrected chi connectivity index (χ0v) is 18.1. The fraction of sp³-hybridized carbons (Fsp3) is 0.227. The van der Waals surface area contributed by atoms with Crippen LogP contribution in [0.3, 0.4) is 0 Å². The first-order valence-electron chi connectivity index (χ1n) is 9.65. The van der Waals surface area contributed by atoms with E-state index < -0.39 is 27.4 Å². The van der Waals surface area contributed by atoms with Crippen LogP contribution in [0.2, 0.25) is 0 Å². The van der Waals surface area contributed by atoms with E-state index in [1.807, 2.05) is 36.4 Å². The molecule has 1 aromatic heterocycles. The van der Waals surface area contributed by atoms with Crippen molar-refractivity contribution in [3.8, 4) is 21.9 Å². The standard InChI is InChI=1S/C22H19NO6S2/c1-13-20(14-5-3-2-4-6-14)22(13,21(24)25)23-31(26,27)19-10-9-18(30-19)15-7-8-16-17(11-15)29-12-28-16/h2-11,13,20,23H,12H2,1H3,(H,24,25)/t13?,20-,22-/m0/s1. The number of sulfonamides is 1. The van der Waals surface area contributed by atoms with Gasteiger partial charge in [0, 0.05) is 10.8 Å². The first-order valence-corrected chi connectivity index (χ1v) is 11.9. The molecule has 3 atom stereocenters. The van der Waals surface area contributed by atoms with E-state index >= 15 is 0 Å². The molecule has 2 N–H and O–H groups in total. The predicted octanol–water partition coefficient (Wildman–Crippen LogP) is 3.68. The van der Waals surface area contributed by atoms with Crippen molar-refractivity contribution in [1.82, 2.24) is 4.72 Å². The van der Waals surface area contributed by atoms with Crippen LogP contribution in [0.1, 0.15) is 18.4 Å². The summed E-state index contributed by atoms with van der Waals surface area (Å²) in [7, 11) is -4.04. The first kappa shape index (κ1) is 20.0. The summed E-state index contributed by atoms with van der Waals surface area (Å²) in [4.78, 5) is 12.9. The number of thiophene rings is 1. The van der Waals surface area contributed by atoms with E-state index in [2.05, 4.69) is 4.72 Å². The topological polar surface area (TPSA) is 102 Å². The molecule has 7 nitrogen and oxygen atoms in total. The van der Waals surface area contributed by atoms with Crippen LogP contribution in [0.4, 0.5) is 0 Å². The summed E-state index contributed by atoms with van der Waals surface area (Å²) in [6.45, 7) is 1.91. The van der Waals surface area contributed by atoms with Crippen LogP contribution >= 0.6 is 11.3 Å². The molecule has 1 saturated carbocycles. The fourth-order valence-electron chi connectivity index (χ4n) is 4.24. The Labute approximate surface area is 183 Å². The number of fused-ring (bicyclic) bond motifs is 1. The third-order valence-electron chi connectivity index (χ3n) is 5.92. The summed E-state index contributed by atoms with van der Waals surface area (Å²) in [5.41, 5.74) is 0.0289. The fourth-order valence-corrected chi connectivity index (χ4v) is 7.00. The van der Waals surface area contributed by atoms with Gasteiger partial charge in [-0.25, -0.2) is 8.42 Å². The van der Waals surface area contributed by atoms with Gasteiger partial charge in [0.25, 0.3) is 10.0 Å². The van der Waals surface area contributed by atoms with E-state index in [4.69, 9.17) is 9.47 Å². The number of nitrogens with one attached hydrogen (secondary N) is 1. The summed E-state index contributed by atoms with van der Waals surface area (Å²) in [6.07, 6.45) is 0. The first-order chi connectivity index (χ1) is 14.8. The van der Waals surface area contributed by atoms with Gasteiger partial charge in [0.05, 0.1) is 0 Å². The van der Waals surface area contributed by atoms with Crippen LogP contribution in [-0.2, 0) is 14.8 Å². The smallest absolute Gasteiger partial charge is 0.325 e. The van der Waals surface area contributed by atoms with E-state index in [9.17, 15) is 18.3 Å². The van der Waals surface area contributed by atoms with E-state index in [-0.39, 0.29) is 16.9 Å². The minimum absolute atomic E-state index is 0.0618. The Morgan fingerprint density at radius 2 is 1.84 bits per heavy atom. The zero-order valence-electron chi connectivity index (χ0n) is 16.4. The summed E-state index contributed by atoms with van der Waals surface area (Å²) in [6, 6.07) is 17.7. The second-order valence-corrected chi connectivity index (χ2v) is 10.6. The molecule has 0 spiro atoms. The second-order valence-electron chi connectivity index (χ2n) is 7.64. The normalized spacial score (nSPS) is 24.2. The SMILES string of the molecule is CC1[C@@H](c2ccccc2)[C@]1(NS(=O)(=O)c1ccc(-c2ccc3c(c2)OCO3)s1)C(=O)O. The largest absolute Gasteiger partial charge is 0.480 e. The van der Waals surface area contributed by atoms with Crippen molar-refractivity contribution in [2.75, 3.05) is 6.79 Å². The molecule has 3 aromatic rings. The molecule has 5 rings (SSSR count). The molecule has 0 amide bonds. The molecule has 1 unspecified atom stereocenters. The summed E-state index contributed by atoms with van der Waals surface area (Å²) in [5, 5.41) is 9.94. The van der Waals surface area contributed by atoms with Gasteiger partial charge in [-0.1, -0.05) is 37.3 Å². The minimum Gasteiger partial charge on any atom is -0.480 e. The number of aliphatic carboxylic acids is 1. The molecule has 1 aliphatic heterocycles. The molecule has 2 aliphatic rings. The number of carboxylic acids is 1. The molecule has 9 heteroatoms. The molecule has 0 saturated heterocycles. The summed E-state index contributed by atoms with van der Waals surface area (Å²) in [5.74, 6) is -0.738. The van der Waals surface area contributed by atoms with Crippen molar-refractivity contribution in [2.24, 2.45) is 5.92 Å². The Morgan fingerprint density at radius 3 is 2.58 bits per heavy atom. The van der Waals surface area contributed by atoms with Gasteiger partial charge in [0.1, 0.15) is 9.75 Å². The van der Waals surface area contributed by atoms with E-state index in [1.165, 1.54) is 6.07 Å². The van der Waals surface area contributed by atoms with E-state index in [1.54, 1.807) is 25.1 Å². The van der Waals surface area contributed by atoms with Gasteiger partial charge >= 0.3 is 5.97 Å². The zero-order chi connectivity index (χ0) is 21.8. The predicted molar refractivity (Wildman–Crippen MR) is 115 cm³/mol. The van der Waals surface area contributed by atoms with Gasteiger partial charge < -0.3 is 14.6 Å². The quantitative estimate of drug-likeness (QED) is 0.586. The van der Waals surface area contributed by atoms with Crippen molar-refractivity contribution in [2.45, 2.75) is 22.6 Å². The lowest BCUT2D eigenvalue weighted by molar-refractivity contribution is -0.140. The third kappa shape index (κ3) is 3.20. The number of benzene rings is 2. The molecule has 0 bridgehead atoms. The third-order valence-corrected chi connectivity index (χ3v) is 9.03. The summed E-state index contributed by atoms with van der Waals surface area (Å²) >= 11 is 1.08. The molecule has 160 valence electrons.